The van der Waals surface area contributed by atoms with Crippen LogP contribution in [0.5, 0.6) is 0 Å². The summed E-state index contributed by atoms with van der Waals surface area (Å²) in [4.78, 5) is 0. The highest BCUT2D eigenvalue weighted by Gasteiger charge is 2.19. The van der Waals surface area contributed by atoms with E-state index in [9.17, 15) is 0 Å². The fourth-order valence-electron chi connectivity index (χ4n) is 2.66. The highest BCUT2D eigenvalue weighted by molar-refractivity contribution is 5.25. The molecule has 1 aromatic carbocycles. The molecule has 1 aliphatic carbocycles. The highest BCUT2D eigenvalue weighted by atomic mass is 15.0. The Kier molecular flexibility index (Phi) is 4.57. The molecule has 17 heavy (non-hydrogen) atoms. The van der Waals surface area contributed by atoms with Crippen LogP contribution in [0.1, 0.15) is 49.8 Å². The zero-order chi connectivity index (χ0) is 12.1. The third-order valence-corrected chi connectivity index (χ3v) is 3.82. The van der Waals surface area contributed by atoms with Crippen molar-refractivity contribution in [2.45, 2.75) is 51.1 Å². The molecule has 0 radical (unpaired) electrons. The highest BCUT2D eigenvalue weighted by Crippen LogP contribution is 2.22. The molecule has 1 aliphatic rings. The second-order valence-electron chi connectivity index (χ2n) is 5.03. The average molecular weight is 232 g/mol. The fraction of sp³-hybridized carbons (Fsp3) is 0.600. The smallest absolute Gasteiger partial charge is 0.0446 e. The van der Waals surface area contributed by atoms with E-state index in [0.717, 1.165) is 6.42 Å². The third kappa shape index (κ3) is 3.30. The lowest BCUT2D eigenvalue weighted by atomic mass is 10.0. The van der Waals surface area contributed by atoms with Crippen LogP contribution in [0.2, 0.25) is 0 Å². The molecule has 0 heterocycles. The summed E-state index contributed by atoms with van der Waals surface area (Å²) >= 11 is 0. The van der Waals surface area contributed by atoms with Crippen LogP contribution in [-0.2, 0) is 6.42 Å². The maximum atomic E-state index is 5.89. The van der Waals surface area contributed by atoms with Crippen molar-refractivity contribution in [3.8, 4) is 0 Å². The number of rotatable bonds is 5. The number of benzene rings is 1. The zero-order valence-corrected chi connectivity index (χ0v) is 10.8. The van der Waals surface area contributed by atoms with Gasteiger partial charge < -0.3 is 11.1 Å². The minimum atomic E-state index is 0.323. The first-order chi connectivity index (χ1) is 8.33. The summed E-state index contributed by atoms with van der Waals surface area (Å²) in [6, 6.07) is 9.87. The lowest BCUT2D eigenvalue weighted by Crippen LogP contribution is -2.35. The van der Waals surface area contributed by atoms with Crippen molar-refractivity contribution in [3.05, 3.63) is 35.4 Å². The minimum absolute atomic E-state index is 0.323. The predicted octanol–water partition coefficient (Wildman–Crippen LogP) is 2.78. The lowest BCUT2D eigenvalue weighted by Gasteiger charge is -2.22. The first kappa shape index (κ1) is 12.6. The third-order valence-electron chi connectivity index (χ3n) is 3.82. The molecule has 1 fully saturated rings. The van der Waals surface area contributed by atoms with E-state index in [1.165, 1.54) is 36.8 Å². The predicted molar refractivity (Wildman–Crippen MR) is 73.0 cm³/mol. The maximum absolute atomic E-state index is 5.89. The van der Waals surface area contributed by atoms with E-state index in [1.54, 1.807) is 0 Å². The zero-order valence-electron chi connectivity index (χ0n) is 10.8. The molecule has 0 amide bonds. The molecule has 0 aliphatic heterocycles. The summed E-state index contributed by atoms with van der Waals surface area (Å²) in [5, 5.41) is 3.69. The van der Waals surface area contributed by atoms with Crippen molar-refractivity contribution >= 4 is 0 Å². The van der Waals surface area contributed by atoms with Gasteiger partial charge in [-0.3, -0.25) is 0 Å². The van der Waals surface area contributed by atoms with Gasteiger partial charge in [-0.25, -0.2) is 0 Å². The lowest BCUT2D eigenvalue weighted by molar-refractivity contribution is 0.444. The second kappa shape index (κ2) is 6.18. The molecule has 2 heteroatoms. The summed E-state index contributed by atoms with van der Waals surface area (Å²) in [5.41, 5.74) is 8.62. The summed E-state index contributed by atoms with van der Waals surface area (Å²) in [5.74, 6) is 0. The number of nitrogens with one attached hydrogen (secondary N) is 1. The minimum Gasteiger partial charge on any atom is -0.329 e. The van der Waals surface area contributed by atoms with E-state index < -0.39 is 0 Å². The van der Waals surface area contributed by atoms with Gasteiger partial charge >= 0.3 is 0 Å². The Morgan fingerprint density at radius 1 is 1.24 bits per heavy atom. The van der Waals surface area contributed by atoms with Gasteiger partial charge in [0.2, 0.25) is 0 Å². The Morgan fingerprint density at radius 2 is 1.88 bits per heavy atom. The first-order valence-corrected chi connectivity index (χ1v) is 6.88. The molecular weight excluding hydrogens is 208 g/mol. The van der Waals surface area contributed by atoms with Crippen LogP contribution in [0.15, 0.2) is 24.3 Å². The quantitative estimate of drug-likeness (QED) is 0.819. The fourth-order valence-corrected chi connectivity index (χ4v) is 2.66. The van der Waals surface area contributed by atoms with Crippen LogP contribution in [-0.4, -0.2) is 12.6 Å². The van der Waals surface area contributed by atoms with Crippen molar-refractivity contribution in [2.75, 3.05) is 6.54 Å². The molecule has 94 valence electrons. The van der Waals surface area contributed by atoms with Gasteiger partial charge in [-0.05, 0) is 30.4 Å². The van der Waals surface area contributed by atoms with Gasteiger partial charge in [-0.1, -0.05) is 44.0 Å². The van der Waals surface area contributed by atoms with Gasteiger partial charge in [0, 0.05) is 18.6 Å². The van der Waals surface area contributed by atoms with Crippen molar-refractivity contribution < 1.29 is 0 Å². The van der Waals surface area contributed by atoms with Crippen molar-refractivity contribution in [3.63, 3.8) is 0 Å². The van der Waals surface area contributed by atoms with Crippen LogP contribution in [0.25, 0.3) is 0 Å². The van der Waals surface area contributed by atoms with Crippen LogP contribution in [0, 0.1) is 0 Å². The summed E-state index contributed by atoms with van der Waals surface area (Å²) < 4.78 is 0. The van der Waals surface area contributed by atoms with Gasteiger partial charge in [0.25, 0.3) is 0 Å². The Morgan fingerprint density at radius 3 is 2.41 bits per heavy atom. The number of aryl methyl sites for hydroxylation is 1. The molecule has 0 saturated heterocycles. The molecule has 0 spiro atoms. The summed E-state index contributed by atoms with van der Waals surface area (Å²) in [6.45, 7) is 2.87. The Balaban J connectivity index is 2.00. The second-order valence-corrected chi connectivity index (χ2v) is 5.03. The average Bonchev–Trinajstić information content (AvgIpc) is 2.89. The van der Waals surface area contributed by atoms with E-state index in [-0.39, 0.29) is 0 Å². The van der Waals surface area contributed by atoms with E-state index >= 15 is 0 Å². The number of hydrogen-bond acceptors (Lipinski definition) is 2. The summed E-state index contributed by atoms with van der Waals surface area (Å²) in [7, 11) is 0. The van der Waals surface area contributed by atoms with E-state index in [2.05, 4.69) is 36.5 Å². The maximum Gasteiger partial charge on any atom is 0.0446 e. The van der Waals surface area contributed by atoms with Crippen LogP contribution >= 0.6 is 0 Å². The molecule has 1 unspecified atom stereocenters. The van der Waals surface area contributed by atoms with Crippen molar-refractivity contribution in [1.29, 1.82) is 0 Å². The molecule has 0 bridgehead atoms. The van der Waals surface area contributed by atoms with E-state index in [0.29, 0.717) is 18.6 Å². The largest absolute Gasteiger partial charge is 0.329 e. The Bertz CT molecular complexity index is 325. The van der Waals surface area contributed by atoms with Gasteiger partial charge in [0.05, 0.1) is 0 Å². The van der Waals surface area contributed by atoms with Crippen LogP contribution in [0.3, 0.4) is 0 Å². The van der Waals surface area contributed by atoms with Crippen LogP contribution < -0.4 is 11.1 Å². The van der Waals surface area contributed by atoms with Crippen LogP contribution in [0.4, 0.5) is 0 Å². The van der Waals surface area contributed by atoms with E-state index in [1.807, 2.05) is 0 Å². The van der Waals surface area contributed by atoms with Crippen molar-refractivity contribution in [1.82, 2.24) is 5.32 Å². The molecule has 0 aromatic heterocycles. The molecule has 2 nitrogen and oxygen atoms in total. The van der Waals surface area contributed by atoms with Gasteiger partial charge in [-0.2, -0.15) is 0 Å². The molecule has 3 N–H and O–H groups in total. The normalized spacial score (nSPS) is 18.5. The number of nitrogens with two attached hydrogens (primary N) is 1. The summed E-state index contributed by atoms with van der Waals surface area (Å²) in [6.07, 6.45) is 6.45. The van der Waals surface area contributed by atoms with Gasteiger partial charge in [0.1, 0.15) is 0 Å². The molecule has 2 rings (SSSR count). The van der Waals surface area contributed by atoms with Gasteiger partial charge in [-0.15, -0.1) is 0 Å². The van der Waals surface area contributed by atoms with Gasteiger partial charge in [0.15, 0.2) is 0 Å². The SMILES string of the molecule is CCc1ccc(C(CN)NC2CCCC2)cc1. The Labute approximate surface area is 105 Å². The molecule has 1 saturated carbocycles. The van der Waals surface area contributed by atoms with Crippen molar-refractivity contribution in [2.24, 2.45) is 5.73 Å². The Hall–Kier alpha value is -0.860. The molecule has 1 atom stereocenters. The van der Waals surface area contributed by atoms with E-state index in [4.69, 9.17) is 5.73 Å². The monoisotopic (exact) mass is 232 g/mol. The standard InChI is InChI=1S/C15H24N2/c1-2-12-7-9-13(10-8-12)15(11-16)17-14-5-3-4-6-14/h7-10,14-15,17H,2-6,11,16H2,1H3. The molecule has 1 aromatic rings. The number of hydrogen-bond donors (Lipinski definition) is 2. The molecular formula is C15H24N2. The topological polar surface area (TPSA) is 38.0 Å². The first-order valence-electron chi connectivity index (χ1n) is 6.88.